The van der Waals surface area contributed by atoms with E-state index in [1.54, 1.807) is 12.5 Å². The van der Waals surface area contributed by atoms with Crippen molar-refractivity contribution < 1.29 is 5.11 Å². The molecule has 1 atom stereocenters. The molecule has 0 amide bonds. The first-order valence-electron chi connectivity index (χ1n) is 3.71. The molecule has 1 aromatic heterocycles. The minimum Gasteiger partial charge on any atom is -0.391 e. The zero-order valence-corrected chi connectivity index (χ0v) is 6.14. The van der Waals surface area contributed by atoms with Gasteiger partial charge in [0.05, 0.1) is 30.9 Å². The predicted molar refractivity (Wildman–Crippen MR) is 41.9 cm³/mol. The second-order valence-corrected chi connectivity index (χ2v) is 2.76. The number of fused-ring (bicyclic) bond motifs is 1. The molecule has 0 aliphatic carbocycles. The topological polar surface area (TPSA) is 38.1 Å². The number of aromatic nitrogens is 2. The van der Waals surface area contributed by atoms with Crippen LogP contribution in [0.15, 0.2) is 18.6 Å². The largest absolute Gasteiger partial charge is 0.391 e. The van der Waals surface area contributed by atoms with Crippen molar-refractivity contribution in [1.29, 1.82) is 0 Å². The quantitative estimate of drug-likeness (QED) is 0.590. The third kappa shape index (κ3) is 1.19. The van der Waals surface area contributed by atoms with E-state index in [1.165, 1.54) is 0 Å². The van der Waals surface area contributed by atoms with Crippen LogP contribution in [0.25, 0.3) is 6.08 Å². The van der Waals surface area contributed by atoms with Gasteiger partial charge in [-0.25, -0.2) is 4.98 Å². The Morgan fingerprint density at radius 1 is 1.64 bits per heavy atom. The predicted octanol–water partition coefficient (Wildman–Crippen LogP) is 0.661. The van der Waals surface area contributed by atoms with Crippen molar-refractivity contribution in [2.75, 3.05) is 0 Å². The summed E-state index contributed by atoms with van der Waals surface area (Å²) in [6.45, 7) is 0.655. The third-order valence-corrected chi connectivity index (χ3v) is 1.85. The van der Waals surface area contributed by atoms with E-state index in [-0.39, 0.29) is 6.10 Å². The Bertz CT molecular complexity index is 277. The van der Waals surface area contributed by atoms with E-state index in [9.17, 15) is 5.11 Å². The molecule has 2 rings (SSSR count). The van der Waals surface area contributed by atoms with Crippen LogP contribution >= 0.6 is 0 Å². The molecule has 0 saturated carbocycles. The molecular formula is C8H10N2O. The van der Waals surface area contributed by atoms with Crippen molar-refractivity contribution in [3.05, 3.63) is 24.3 Å². The standard InChI is InChI=1S/C8H10N2O/c11-8-3-1-2-7-4-9-6-10(7)5-8/h1-2,4,6,8,11H,3,5H2/t8-/m0/s1. The van der Waals surface area contributed by atoms with Gasteiger partial charge in [0.15, 0.2) is 0 Å². The van der Waals surface area contributed by atoms with Crippen molar-refractivity contribution in [3.8, 4) is 0 Å². The summed E-state index contributed by atoms with van der Waals surface area (Å²) in [5.74, 6) is 0. The third-order valence-electron chi connectivity index (χ3n) is 1.85. The summed E-state index contributed by atoms with van der Waals surface area (Å²) in [6.07, 6.45) is 7.99. The van der Waals surface area contributed by atoms with E-state index in [1.807, 2.05) is 16.7 Å². The van der Waals surface area contributed by atoms with Gasteiger partial charge in [-0.2, -0.15) is 0 Å². The molecule has 1 aliphatic heterocycles. The second kappa shape index (κ2) is 2.51. The van der Waals surface area contributed by atoms with Crippen molar-refractivity contribution in [2.45, 2.75) is 19.1 Å². The van der Waals surface area contributed by atoms with Crippen LogP contribution in [-0.4, -0.2) is 20.8 Å². The van der Waals surface area contributed by atoms with Crippen molar-refractivity contribution in [2.24, 2.45) is 0 Å². The zero-order chi connectivity index (χ0) is 7.68. The van der Waals surface area contributed by atoms with Crippen LogP contribution < -0.4 is 0 Å². The molecule has 0 bridgehead atoms. The van der Waals surface area contributed by atoms with Crippen LogP contribution in [0.2, 0.25) is 0 Å². The maximum atomic E-state index is 9.35. The molecule has 0 radical (unpaired) electrons. The van der Waals surface area contributed by atoms with Crippen LogP contribution in [0.3, 0.4) is 0 Å². The summed E-state index contributed by atoms with van der Waals surface area (Å²) in [4.78, 5) is 3.98. The Balaban J connectivity index is 2.37. The molecule has 1 aliphatic rings. The normalized spacial score (nSPS) is 22.8. The van der Waals surface area contributed by atoms with Gasteiger partial charge >= 0.3 is 0 Å². The molecular weight excluding hydrogens is 140 g/mol. The average Bonchev–Trinajstić information content (AvgIpc) is 2.31. The Kier molecular flexibility index (Phi) is 1.51. The van der Waals surface area contributed by atoms with Gasteiger partial charge in [0, 0.05) is 0 Å². The second-order valence-electron chi connectivity index (χ2n) is 2.76. The molecule has 0 spiro atoms. The van der Waals surface area contributed by atoms with Gasteiger partial charge in [0.2, 0.25) is 0 Å². The van der Waals surface area contributed by atoms with Gasteiger partial charge in [-0.3, -0.25) is 0 Å². The molecule has 3 nitrogen and oxygen atoms in total. The fraction of sp³-hybridized carbons (Fsp3) is 0.375. The lowest BCUT2D eigenvalue weighted by Crippen LogP contribution is -2.13. The van der Waals surface area contributed by atoms with Crippen molar-refractivity contribution in [1.82, 2.24) is 9.55 Å². The highest BCUT2D eigenvalue weighted by Gasteiger charge is 2.08. The molecule has 0 aromatic carbocycles. The van der Waals surface area contributed by atoms with E-state index in [0.29, 0.717) is 6.54 Å². The van der Waals surface area contributed by atoms with E-state index in [4.69, 9.17) is 0 Å². The Morgan fingerprint density at radius 3 is 3.45 bits per heavy atom. The SMILES string of the molecule is O[C@H]1CC=Cc2cncn2C1. The summed E-state index contributed by atoms with van der Waals surface area (Å²) in [7, 11) is 0. The maximum Gasteiger partial charge on any atom is 0.0951 e. The summed E-state index contributed by atoms with van der Waals surface area (Å²) in [5.41, 5.74) is 1.07. The first-order chi connectivity index (χ1) is 5.36. The lowest BCUT2D eigenvalue weighted by Gasteiger charge is -2.06. The van der Waals surface area contributed by atoms with Gasteiger partial charge in [-0.15, -0.1) is 0 Å². The Hall–Kier alpha value is -1.09. The smallest absolute Gasteiger partial charge is 0.0951 e. The summed E-state index contributed by atoms with van der Waals surface area (Å²) >= 11 is 0. The Morgan fingerprint density at radius 2 is 2.55 bits per heavy atom. The van der Waals surface area contributed by atoms with Crippen molar-refractivity contribution in [3.63, 3.8) is 0 Å². The molecule has 2 heterocycles. The van der Waals surface area contributed by atoms with Gasteiger partial charge in [0.25, 0.3) is 0 Å². The van der Waals surface area contributed by atoms with E-state index < -0.39 is 0 Å². The molecule has 0 saturated heterocycles. The van der Waals surface area contributed by atoms with E-state index in [2.05, 4.69) is 4.98 Å². The van der Waals surface area contributed by atoms with Crippen molar-refractivity contribution >= 4 is 6.08 Å². The zero-order valence-electron chi connectivity index (χ0n) is 6.14. The minimum absolute atomic E-state index is 0.262. The summed E-state index contributed by atoms with van der Waals surface area (Å²) < 4.78 is 1.95. The van der Waals surface area contributed by atoms with E-state index in [0.717, 1.165) is 12.1 Å². The van der Waals surface area contributed by atoms with Crippen LogP contribution in [0.5, 0.6) is 0 Å². The molecule has 58 valence electrons. The first kappa shape index (κ1) is 6.61. The molecule has 1 aromatic rings. The highest BCUT2D eigenvalue weighted by Crippen LogP contribution is 2.10. The number of imidazole rings is 1. The van der Waals surface area contributed by atoms with E-state index >= 15 is 0 Å². The number of aliphatic hydroxyl groups excluding tert-OH is 1. The number of hydrogen-bond acceptors (Lipinski definition) is 2. The highest BCUT2D eigenvalue weighted by atomic mass is 16.3. The minimum atomic E-state index is -0.262. The number of hydrogen-bond donors (Lipinski definition) is 1. The number of rotatable bonds is 0. The van der Waals surface area contributed by atoms with Crippen LogP contribution in [0.4, 0.5) is 0 Å². The Labute approximate surface area is 65.0 Å². The van der Waals surface area contributed by atoms with Crippen LogP contribution in [-0.2, 0) is 6.54 Å². The van der Waals surface area contributed by atoms with Gasteiger partial charge < -0.3 is 9.67 Å². The van der Waals surface area contributed by atoms with Gasteiger partial charge in [-0.05, 0) is 12.5 Å². The van der Waals surface area contributed by atoms with Crippen LogP contribution in [0.1, 0.15) is 12.1 Å². The highest BCUT2D eigenvalue weighted by molar-refractivity contribution is 5.44. The molecule has 0 fully saturated rings. The molecule has 11 heavy (non-hydrogen) atoms. The fourth-order valence-corrected chi connectivity index (χ4v) is 1.27. The summed E-state index contributed by atoms with van der Waals surface area (Å²) in [6, 6.07) is 0. The number of aliphatic hydroxyl groups is 1. The lowest BCUT2D eigenvalue weighted by molar-refractivity contribution is 0.158. The number of nitrogens with zero attached hydrogens (tertiary/aromatic N) is 2. The first-order valence-corrected chi connectivity index (χ1v) is 3.71. The monoisotopic (exact) mass is 150 g/mol. The fourth-order valence-electron chi connectivity index (χ4n) is 1.27. The average molecular weight is 150 g/mol. The maximum absolute atomic E-state index is 9.35. The molecule has 3 heteroatoms. The summed E-state index contributed by atoms with van der Waals surface area (Å²) in [5, 5.41) is 9.35. The lowest BCUT2D eigenvalue weighted by atomic mass is 10.2. The van der Waals surface area contributed by atoms with Gasteiger partial charge in [0.1, 0.15) is 0 Å². The molecule has 0 unspecified atom stereocenters. The van der Waals surface area contributed by atoms with Crippen LogP contribution in [0, 0.1) is 0 Å². The molecule has 1 N–H and O–H groups in total. The van der Waals surface area contributed by atoms with Gasteiger partial charge in [-0.1, -0.05) is 6.08 Å².